The molecule has 0 bridgehead atoms. The van der Waals surface area contributed by atoms with Crippen LogP contribution in [0.2, 0.25) is 0 Å². The summed E-state index contributed by atoms with van der Waals surface area (Å²) in [6.45, 7) is 2.09. The molecule has 18 heavy (non-hydrogen) atoms. The SMILES string of the molecule is Cc1cccnc1CNS(=O)(=O)c1sccc1Br. The number of pyridine rings is 1. The lowest BCUT2D eigenvalue weighted by molar-refractivity contribution is 0.582. The molecule has 0 amide bonds. The minimum Gasteiger partial charge on any atom is -0.260 e. The maximum atomic E-state index is 12.0. The summed E-state index contributed by atoms with van der Waals surface area (Å²) in [6, 6.07) is 5.44. The zero-order valence-corrected chi connectivity index (χ0v) is 12.8. The van der Waals surface area contributed by atoms with Crippen molar-refractivity contribution < 1.29 is 8.42 Å². The maximum absolute atomic E-state index is 12.0. The molecule has 0 radical (unpaired) electrons. The molecule has 0 aromatic carbocycles. The number of aryl methyl sites for hydroxylation is 1. The lowest BCUT2D eigenvalue weighted by atomic mass is 10.2. The van der Waals surface area contributed by atoms with E-state index in [1.165, 1.54) is 11.3 Å². The predicted molar refractivity (Wildman–Crippen MR) is 75.0 cm³/mol. The molecule has 7 heteroatoms. The molecule has 0 unspecified atom stereocenters. The quantitative estimate of drug-likeness (QED) is 0.925. The van der Waals surface area contributed by atoms with E-state index in [-0.39, 0.29) is 10.8 Å². The number of hydrogen-bond donors (Lipinski definition) is 1. The molecule has 4 nitrogen and oxygen atoms in total. The van der Waals surface area contributed by atoms with Gasteiger partial charge in [-0.2, -0.15) is 0 Å². The molecule has 0 spiro atoms. The summed E-state index contributed by atoms with van der Waals surface area (Å²) in [6.07, 6.45) is 1.65. The van der Waals surface area contributed by atoms with E-state index in [1.807, 2.05) is 19.1 Å². The molecule has 0 saturated heterocycles. The Kier molecular flexibility index (Phi) is 4.16. The lowest BCUT2D eigenvalue weighted by Gasteiger charge is -2.07. The normalized spacial score (nSPS) is 11.7. The van der Waals surface area contributed by atoms with Crippen LogP contribution in [0.3, 0.4) is 0 Å². The van der Waals surface area contributed by atoms with Gasteiger partial charge in [-0.3, -0.25) is 4.98 Å². The minimum atomic E-state index is -3.48. The number of nitrogens with one attached hydrogen (secondary N) is 1. The molecule has 96 valence electrons. The molecule has 0 aliphatic heterocycles. The van der Waals surface area contributed by atoms with Gasteiger partial charge in [0, 0.05) is 10.7 Å². The summed E-state index contributed by atoms with van der Waals surface area (Å²) >= 11 is 4.40. The van der Waals surface area contributed by atoms with Gasteiger partial charge in [0.05, 0.1) is 12.2 Å². The summed E-state index contributed by atoms with van der Waals surface area (Å²) in [7, 11) is -3.48. The van der Waals surface area contributed by atoms with E-state index in [4.69, 9.17) is 0 Å². The second-order valence-corrected chi connectivity index (χ2v) is 7.38. The fraction of sp³-hybridized carbons (Fsp3) is 0.182. The van der Waals surface area contributed by atoms with Crippen LogP contribution < -0.4 is 4.72 Å². The monoisotopic (exact) mass is 346 g/mol. The Morgan fingerprint density at radius 3 is 2.83 bits per heavy atom. The topological polar surface area (TPSA) is 59.1 Å². The van der Waals surface area contributed by atoms with E-state index < -0.39 is 10.0 Å². The highest BCUT2D eigenvalue weighted by Crippen LogP contribution is 2.27. The summed E-state index contributed by atoms with van der Waals surface area (Å²) in [5.41, 5.74) is 1.69. The van der Waals surface area contributed by atoms with Gasteiger partial charge < -0.3 is 0 Å². The van der Waals surface area contributed by atoms with Crippen LogP contribution in [-0.4, -0.2) is 13.4 Å². The van der Waals surface area contributed by atoms with Gasteiger partial charge in [-0.05, 0) is 45.9 Å². The highest BCUT2D eigenvalue weighted by Gasteiger charge is 2.19. The van der Waals surface area contributed by atoms with E-state index in [1.54, 1.807) is 17.6 Å². The third kappa shape index (κ3) is 2.97. The van der Waals surface area contributed by atoms with Crippen LogP contribution in [0.5, 0.6) is 0 Å². The van der Waals surface area contributed by atoms with Crippen molar-refractivity contribution in [2.75, 3.05) is 0 Å². The van der Waals surface area contributed by atoms with Crippen LogP contribution in [-0.2, 0) is 16.6 Å². The highest BCUT2D eigenvalue weighted by molar-refractivity contribution is 9.10. The summed E-state index contributed by atoms with van der Waals surface area (Å²) < 4.78 is 27.5. The van der Waals surface area contributed by atoms with Gasteiger partial charge >= 0.3 is 0 Å². The average molecular weight is 347 g/mol. The van der Waals surface area contributed by atoms with Gasteiger partial charge in [0.2, 0.25) is 0 Å². The lowest BCUT2D eigenvalue weighted by Crippen LogP contribution is -2.23. The second kappa shape index (κ2) is 5.48. The molecule has 2 aromatic rings. The average Bonchev–Trinajstić information content (AvgIpc) is 2.75. The van der Waals surface area contributed by atoms with Crippen molar-refractivity contribution in [3.63, 3.8) is 0 Å². The molecule has 2 aromatic heterocycles. The number of rotatable bonds is 4. The molecule has 2 heterocycles. The molecule has 1 N–H and O–H groups in total. The van der Waals surface area contributed by atoms with E-state index in [0.717, 1.165) is 11.3 Å². The highest BCUT2D eigenvalue weighted by atomic mass is 79.9. The number of thiophene rings is 1. The third-order valence-corrected chi connectivity index (χ3v) is 6.45. The third-order valence-electron chi connectivity index (χ3n) is 2.38. The Balaban J connectivity index is 2.16. The zero-order chi connectivity index (χ0) is 13.2. The molecule has 0 atom stereocenters. The zero-order valence-electron chi connectivity index (χ0n) is 9.55. The Morgan fingerprint density at radius 1 is 1.44 bits per heavy atom. The largest absolute Gasteiger partial charge is 0.260 e. The second-order valence-electron chi connectivity index (χ2n) is 3.65. The van der Waals surface area contributed by atoms with Gasteiger partial charge in [0.1, 0.15) is 4.21 Å². The van der Waals surface area contributed by atoms with Crippen molar-refractivity contribution in [2.45, 2.75) is 17.7 Å². The van der Waals surface area contributed by atoms with Crippen LogP contribution in [0.15, 0.2) is 38.5 Å². The number of aromatic nitrogens is 1. The number of sulfonamides is 1. The van der Waals surface area contributed by atoms with Crippen LogP contribution in [0.4, 0.5) is 0 Å². The molecule has 0 fully saturated rings. The molecule has 0 aliphatic rings. The molecular formula is C11H11BrN2O2S2. The van der Waals surface area contributed by atoms with E-state index in [2.05, 4.69) is 25.6 Å². The Morgan fingerprint density at radius 2 is 2.22 bits per heavy atom. The van der Waals surface area contributed by atoms with Crippen LogP contribution >= 0.6 is 27.3 Å². The number of halogens is 1. The van der Waals surface area contributed by atoms with Gasteiger partial charge in [-0.25, -0.2) is 13.1 Å². The fourth-order valence-electron chi connectivity index (χ4n) is 1.40. The molecule has 2 rings (SSSR count). The number of nitrogens with zero attached hydrogens (tertiary/aromatic N) is 1. The predicted octanol–water partition coefficient (Wildman–Crippen LogP) is 2.69. The van der Waals surface area contributed by atoms with Gasteiger partial charge in [0.25, 0.3) is 10.0 Å². The summed E-state index contributed by atoms with van der Waals surface area (Å²) in [4.78, 5) is 4.15. The van der Waals surface area contributed by atoms with Gasteiger partial charge in [-0.1, -0.05) is 6.07 Å². The molecule has 0 saturated carbocycles. The van der Waals surface area contributed by atoms with Crippen molar-refractivity contribution in [2.24, 2.45) is 0 Å². The van der Waals surface area contributed by atoms with Crippen LogP contribution in [0.25, 0.3) is 0 Å². The van der Waals surface area contributed by atoms with E-state index in [9.17, 15) is 8.42 Å². The Labute approximate surface area is 118 Å². The molecule has 0 aliphatic carbocycles. The van der Waals surface area contributed by atoms with E-state index in [0.29, 0.717) is 4.47 Å². The van der Waals surface area contributed by atoms with Crippen LogP contribution in [0.1, 0.15) is 11.3 Å². The van der Waals surface area contributed by atoms with E-state index >= 15 is 0 Å². The van der Waals surface area contributed by atoms with Gasteiger partial charge in [0.15, 0.2) is 0 Å². The first-order valence-corrected chi connectivity index (χ1v) is 8.29. The van der Waals surface area contributed by atoms with Crippen LogP contribution in [0, 0.1) is 6.92 Å². The smallest absolute Gasteiger partial charge is 0.251 e. The maximum Gasteiger partial charge on any atom is 0.251 e. The Bertz CT molecular complexity index is 653. The van der Waals surface area contributed by atoms with Crippen molar-refractivity contribution in [1.82, 2.24) is 9.71 Å². The van der Waals surface area contributed by atoms with Crippen molar-refractivity contribution >= 4 is 37.3 Å². The van der Waals surface area contributed by atoms with Crippen molar-refractivity contribution in [1.29, 1.82) is 0 Å². The first-order valence-electron chi connectivity index (χ1n) is 5.14. The standard InChI is InChI=1S/C11H11BrN2O2S2/c1-8-3-2-5-13-10(8)7-14-18(15,16)11-9(12)4-6-17-11/h2-6,14H,7H2,1H3. The molecular weight excluding hydrogens is 336 g/mol. The first-order chi connectivity index (χ1) is 8.50. The van der Waals surface area contributed by atoms with Crippen molar-refractivity contribution in [3.05, 3.63) is 45.5 Å². The first kappa shape index (κ1) is 13.7. The van der Waals surface area contributed by atoms with Gasteiger partial charge in [-0.15, -0.1) is 11.3 Å². The summed E-state index contributed by atoms with van der Waals surface area (Å²) in [5, 5.41) is 1.73. The van der Waals surface area contributed by atoms with Crippen molar-refractivity contribution in [3.8, 4) is 0 Å². The fourth-order valence-corrected chi connectivity index (χ4v) is 4.77. The summed E-state index contributed by atoms with van der Waals surface area (Å²) in [5.74, 6) is 0. The number of hydrogen-bond acceptors (Lipinski definition) is 4. The Hall–Kier alpha value is -0.760. The minimum absolute atomic E-state index is 0.194.